The van der Waals surface area contributed by atoms with Gasteiger partial charge in [-0.15, -0.1) is 0 Å². The lowest BCUT2D eigenvalue weighted by Crippen LogP contribution is -2.23. The number of anilines is 6. The van der Waals surface area contributed by atoms with Crippen molar-refractivity contribution in [1.29, 1.82) is 0 Å². The number of aromatic nitrogens is 4. The molecule has 0 fully saturated rings. The molecule has 0 spiro atoms. The molecule has 0 atom stereocenters. The molecular formula is C32H31N9O. The Morgan fingerprint density at radius 2 is 1.60 bits per heavy atom. The first-order valence-electron chi connectivity index (χ1n) is 13.7. The molecule has 1 amide bonds. The summed E-state index contributed by atoms with van der Waals surface area (Å²) in [5, 5.41) is 9.70. The number of carbonyl (C=O) groups is 1. The predicted molar refractivity (Wildman–Crippen MR) is 166 cm³/mol. The van der Waals surface area contributed by atoms with Crippen LogP contribution in [0.3, 0.4) is 0 Å². The van der Waals surface area contributed by atoms with Crippen molar-refractivity contribution in [1.82, 2.24) is 19.9 Å². The van der Waals surface area contributed by atoms with Gasteiger partial charge in [0.2, 0.25) is 17.8 Å². The van der Waals surface area contributed by atoms with Gasteiger partial charge in [0.1, 0.15) is 0 Å². The molecule has 10 nitrogen and oxygen atoms in total. The van der Waals surface area contributed by atoms with Crippen molar-refractivity contribution in [3.05, 3.63) is 120 Å². The van der Waals surface area contributed by atoms with E-state index < -0.39 is 0 Å². The van der Waals surface area contributed by atoms with E-state index in [0.29, 0.717) is 41.3 Å². The molecule has 210 valence electrons. The lowest BCUT2D eigenvalue weighted by atomic mass is 10.1. The van der Waals surface area contributed by atoms with Crippen LogP contribution in [-0.4, -0.2) is 38.9 Å². The topological polar surface area (TPSA) is 134 Å². The number of hydrogen-bond donors (Lipinski definition) is 4. The predicted octanol–water partition coefficient (Wildman–Crippen LogP) is 5.06. The number of carbonyl (C=O) groups excluding carboxylic acids is 1. The fraction of sp³-hybridized carbons (Fsp3) is 0.156. The van der Waals surface area contributed by atoms with E-state index in [1.54, 1.807) is 36.7 Å². The van der Waals surface area contributed by atoms with Gasteiger partial charge < -0.3 is 26.6 Å². The van der Waals surface area contributed by atoms with Crippen LogP contribution in [0, 0.1) is 0 Å². The van der Waals surface area contributed by atoms with E-state index in [4.69, 9.17) is 10.7 Å². The summed E-state index contributed by atoms with van der Waals surface area (Å²) < 4.78 is 0. The molecule has 42 heavy (non-hydrogen) atoms. The number of nitrogens with one attached hydrogen (secondary N) is 3. The molecule has 5 aromatic rings. The van der Waals surface area contributed by atoms with Crippen molar-refractivity contribution in [2.24, 2.45) is 0 Å². The minimum Gasteiger partial charge on any atom is -0.397 e. The zero-order chi connectivity index (χ0) is 28.9. The Balaban J connectivity index is 1.17. The Hall–Kier alpha value is -5.51. The smallest absolute Gasteiger partial charge is 0.255 e. The van der Waals surface area contributed by atoms with E-state index in [-0.39, 0.29) is 11.9 Å². The van der Waals surface area contributed by atoms with E-state index >= 15 is 0 Å². The quantitative estimate of drug-likeness (QED) is 0.183. The standard InChI is InChI=1S/C32H31N9O/c1-41(26-9-6-16-34-20-26)32-39-30(38-31(40-32)36-25-17-23-7-2-3-8-24(23)18-25)35-19-21-12-14-22(15-13-21)29(42)37-28-11-5-4-10-27(28)33/h2-16,20,25H,17-19,33H2,1H3,(H,37,42)(H2,35,36,38,39,40). The minimum atomic E-state index is -0.224. The number of rotatable bonds is 9. The SMILES string of the molecule is CN(c1cccnc1)c1nc(NCc2ccc(C(=O)Nc3ccccc3N)cc2)nc(NC2Cc3ccccc3C2)n1. The summed E-state index contributed by atoms with van der Waals surface area (Å²) in [7, 11) is 1.90. The van der Waals surface area contributed by atoms with Gasteiger partial charge in [0.25, 0.3) is 5.91 Å². The summed E-state index contributed by atoms with van der Waals surface area (Å²) in [6.45, 7) is 0.460. The average molecular weight is 558 g/mol. The minimum absolute atomic E-state index is 0.194. The molecular weight excluding hydrogens is 526 g/mol. The molecule has 2 heterocycles. The van der Waals surface area contributed by atoms with Crippen molar-refractivity contribution in [3.8, 4) is 0 Å². The number of amides is 1. The molecule has 10 heteroatoms. The summed E-state index contributed by atoms with van der Waals surface area (Å²) in [6, 6.07) is 27.1. The molecule has 0 aliphatic heterocycles. The van der Waals surface area contributed by atoms with Crippen LogP contribution in [0.5, 0.6) is 0 Å². The number of nitrogens with two attached hydrogens (primary N) is 1. The number of hydrogen-bond acceptors (Lipinski definition) is 9. The maximum absolute atomic E-state index is 12.7. The van der Waals surface area contributed by atoms with Crippen LogP contribution >= 0.6 is 0 Å². The number of para-hydroxylation sites is 2. The van der Waals surface area contributed by atoms with Gasteiger partial charge in [-0.25, -0.2) is 0 Å². The number of benzene rings is 3. The molecule has 0 radical (unpaired) electrons. The second-order valence-electron chi connectivity index (χ2n) is 10.2. The summed E-state index contributed by atoms with van der Waals surface area (Å²) in [4.78, 5) is 32.9. The van der Waals surface area contributed by atoms with Gasteiger partial charge >= 0.3 is 0 Å². The average Bonchev–Trinajstić information content (AvgIpc) is 3.43. The van der Waals surface area contributed by atoms with Crippen LogP contribution in [-0.2, 0) is 19.4 Å². The first-order valence-corrected chi connectivity index (χ1v) is 13.7. The maximum Gasteiger partial charge on any atom is 0.255 e. The highest BCUT2D eigenvalue weighted by atomic mass is 16.1. The van der Waals surface area contributed by atoms with Gasteiger partial charge in [0.15, 0.2) is 0 Å². The lowest BCUT2D eigenvalue weighted by molar-refractivity contribution is 0.102. The van der Waals surface area contributed by atoms with E-state index in [1.807, 2.05) is 48.3 Å². The molecule has 2 aromatic heterocycles. The highest BCUT2D eigenvalue weighted by molar-refractivity contribution is 6.05. The third-order valence-electron chi connectivity index (χ3n) is 7.22. The van der Waals surface area contributed by atoms with Crippen LogP contribution in [0.15, 0.2) is 97.3 Å². The van der Waals surface area contributed by atoms with E-state index in [1.165, 1.54) is 11.1 Å². The maximum atomic E-state index is 12.7. The summed E-state index contributed by atoms with van der Waals surface area (Å²) in [6.07, 6.45) is 5.32. The summed E-state index contributed by atoms with van der Waals surface area (Å²) in [5.74, 6) is 1.21. The molecule has 3 aromatic carbocycles. The van der Waals surface area contributed by atoms with Crippen molar-refractivity contribution in [2.45, 2.75) is 25.4 Å². The van der Waals surface area contributed by atoms with Crippen molar-refractivity contribution >= 4 is 40.8 Å². The first kappa shape index (κ1) is 26.7. The van der Waals surface area contributed by atoms with Gasteiger partial charge in [-0.1, -0.05) is 48.5 Å². The molecule has 0 saturated carbocycles. The Labute approximate surface area is 244 Å². The molecule has 0 unspecified atom stereocenters. The highest BCUT2D eigenvalue weighted by Crippen LogP contribution is 2.26. The molecule has 1 aliphatic carbocycles. The number of fused-ring (bicyclic) bond motifs is 1. The third-order valence-corrected chi connectivity index (χ3v) is 7.22. The zero-order valence-electron chi connectivity index (χ0n) is 23.2. The van der Waals surface area contributed by atoms with Crippen LogP contribution in [0.4, 0.5) is 34.9 Å². The van der Waals surface area contributed by atoms with Gasteiger partial charge in [-0.3, -0.25) is 9.78 Å². The first-order chi connectivity index (χ1) is 20.5. The Bertz CT molecular complexity index is 1670. The zero-order valence-corrected chi connectivity index (χ0v) is 23.2. The van der Waals surface area contributed by atoms with E-state index in [2.05, 4.69) is 55.2 Å². The third kappa shape index (κ3) is 6.12. The largest absolute Gasteiger partial charge is 0.397 e. The molecule has 6 rings (SSSR count). The number of pyridine rings is 1. The number of nitrogen functional groups attached to an aromatic ring is 1. The molecule has 0 saturated heterocycles. The Morgan fingerprint density at radius 1 is 0.881 bits per heavy atom. The van der Waals surface area contributed by atoms with Crippen molar-refractivity contribution < 1.29 is 4.79 Å². The van der Waals surface area contributed by atoms with Gasteiger partial charge in [-0.2, -0.15) is 15.0 Å². The van der Waals surface area contributed by atoms with Crippen molar-refractivity contribution in [3.63, 3.8) is 0 Å². The van der Waals surface area contributed by atoms with Crippen LogP contribution in [0.1, 0.15) is 27.0 Å². The fourth-order valence-corrected chi connectivity index (χ4v) is 4.93. The monoisotopic (exact) mass is 557 g/mol. The van der Waals surface area contributed by atoms with Gasteiger partial charge in [0, 0.05) is 31.4 Å². The van der Waals surface area contributed by atoms with Crippen LogP contribution in [0.2, 0.25) is 0 Å². The molecule has 0 bridgehead atoms. The Morgan fingerprint density at radius 3 is 2.31 bits per heavy atom. The molecule has 1 aliphatic rings. The van der Waals surface area contributed by atoms with Crippen LogP contribution < -0.4 is 26.6 Å². The van der Waals surface area contributed by atoms with Crippen molar-refractivity contribution in [2.75, 3.05) is 33.6 Å². The lowest BCUT2D eigenvalue weighted by Gasteiger charge is -2.19. The van der Waals surface area contributed by atoms with Gasteiger partial charge in [0.05, 0.1) is 23.3 Å². The summed E-state index contributed by atoms with van der Waals surface area (Å²) in [5.41, 5.74) is 12.1. The van der Waals surface area contributed by atoms with Crippen LogP contribution in [0.25, 0.3) is 0 Å². The highest BCUT2D eigenvalue weighted by Gasteiger charge is 2.22. The summed E-state index contributed by atoms with van der Waals surface area (Å²) >= 11 is 0. The second-order valence-corrected chi connectivity index (χ2v) is 10.2. The van der Waals surface area contributed by atoms with E-state index in [9.17, 15) is 4.79 Å². The fourth-order valence-electron chi connectivity index (χ4n) is 4.93. The number of nitrogens with zero attached hydrogens (tertiary/aromatic N) is 5. The van der Waals surface area contributed by atoms with Gasteiger partial charge in [-0.05, 0) is 65.9 Å². The molecule has 5 N–H and O–H groups in total. The second kappa shape index (κ2) is 11.9. The van der Waals surface area contributed by atoms with E-state index in [0.717, 1.165) is 24.1 Å². The normalized spacial score (nSPS) is 12.4. The Kier molecular flexibility index (Phi) is 7.58.